The topological polar surface area (TPSA) is 55.3 Å². The van der Waals surface area contributed by atoms with Crippen molar-refractivity contribution in [2.24, 2.45) is 5.73 Å². The summed E-state index contributed by atoms with van der Waals surface area (Å²) in [4.78, 5) is 6.47. The lowest BCUT2D eigenvalue weighted by Crippen LogP contribution is -2.33. The van der Waals surface area contributed by atoms with Crippen LogP contribution in [0.5, 0.6) is 0 Å². The normalized spacial score (nSPS) is 23.1. The number of hydrogen-bond acceptors (Lipinski definition) is 4. The first-order valence-electron chi connectivity index (χ1n) is 4.65. The van der Waals surface area contributed by atoms with E-state index in [1.54, 1.807) is 0 Å². The molecule has 0 aromatic carbocycles. The summed E-state index contributed by atoms with van der Waals surface area (Å²) in [6.45, 7) is 1.74. The van der Waals surface area contributed by atoms with Crippen molar-refractivity contribution in [3.8, 4) is 0 Å². The first kappa shape index (κ1) is 8.72. The lowest BCUT2D eigenvalue weighted by atomic mass is 10.0. The molecule has 1 unspecified atom stereocenters. The Morgan fingerprint density at radius 3 is 3.38 bits per heavy atom. The van der Waals surface area contributed by atoms with Crippen LogP contribution in [0.25, 0.3) is 0 Å². The molecule has 0 spiro atoms. The van der Waals surface area contributed by atoms with Gasteiger partial charge in [-0.25, -0.2) is 4.98 Å². The molecule has 0 radical (unpaired) electrons. The molecular weight excluding hydrogens is 166 g/mol. The number of nitrogens with zero attached hydrogens (tertiary/aromatic N) is 2. The Bertz CT molecular complexity index is 284. The van der Waals surface area contributed by atoms with E-state index in [0.717, 1.165) is 30.8 Å². The van der Waals surface area contributed by atoms with E-state index >= 15 is 0 Å². The third kappa shape index (κ3) is 1.47. The second-order valence-electron chi connectivity index (χ2n) is 3.49. The van der Waals surface area contributed by atoms with Crippen molar-refractivity contribution in [2.45, 2.75) is 18.9 Å². The lowest BCUT2D eigenvalue weighted by molar-refractivity contribution is 0.190. The van der Waals surface area contributed by atoms with Crippen molar-refractivity contribution in [3.05, 3.63) is 17.8 Å². The summed E-state index contributed by atoms with van der Waals surface area (Å²) in [6.07, 6.45) is 3.47. The van der Waals surface area contributed by atoms with E-state index < -0.39 is 0 Å². The monoisotopic (exact) mass is 181 g/mol. The zero-order chi connectivity index (χ0) is 9.26. The molecule has 1 atom stereocenters. The van der Waals surface area contributed by atoms with E-state index in [9.17, 15) is 0 Å². The number of rotatable bonds is 2. The van der Waals surface area contributed by atoms with Gasteiger partial charge in [-0.05, 0) is 20.0 Å². The summed E-state index contributed by atoms with van der Waals surface area (Å²) in [5.74, 6) is 1.01. The van der Waals surface area contributed by atoms with Crippen molar-refractivity contribution in [1.82, 2.24) is 9.88 Å². The Morgan fingerprint density at radius 2 is 2.62 bits per heavy atom. The first-order chi connectivity index (χ1) is 6.33. The van der Waals surface area contributed by atoms with Crippen molar-refractivity contribution < 1.29 is 4.42 Å². The molecule has 2 rings (SSSR count). The van der Waals surface area contributed by atoms with Crippen molar-refractivity contribution >= 4 is 0 Å². The van der Waals surface area contributed by atoms with Gasteiger partial charge in [0.1, 0.15) is 5.76 Å². The van der Waals surface area contributed by atoms with Crippen LogP contribution in [0.15, 0.2) is 10.8 Å². The number of likely N-dealkylation sites (N-methyl/N-ethyl adjacent to an activating group) is 1. The predicted molar refractivity (Wildman–Crippen MR) is 49.2 cm³/mol. The minimum absolute atomic E-state index is 0.330. The van der Waals surface area contributed by atoms with Gasteiger partial charge in [-0.2, -0.15) is 0 Å². The van der Waals surface area contributed by atoms with Gasteiger partial charge in [0.2, 0.25) is 0 Å². The van der Waals surface area contributed by atoms with Gasteiger partial charge in [0.25, 0.3) is 0 Å². The molecule has 2 heterocycles. The summed E-state index contributed by atoms with van der Waals surface area (Å²) in [5.41, 5.74) is 6.67. The average molecular weight is 181 g/mol. The summed E-state index contributed by atoms with van der Waals surface area (Å²) in [7, 11) is 2.10. The molecule has 1 aliphatic heterocycles. The second-order valence-corrected chi connectivity index (χ2v) is 3.49. The molecular formula is C9H15N3O. The molecule has 4 nitrogen and oxygen atoms in total. The number of oxazole rings is 1. The maximum absolute atomic E-state index is 5.56. The van der Waals surface area contributed by atoms with Crippen LogP contribution >= 0.6 is 0 Å². The molecule has 1 aromatic heterocycles. The Balaban J connectivity index is 2.25. The molecule has 72 valence electrons. The highest BCUT2D eigenvalue weighted by atomic mass is 16.3. The fraction of sp³-hybridized carbons (Fsp3) is 0.667. The van der Waals surface area contributed by atoms with E-state index in [-0.39, 0.29) is 0 Å². The van der Waals surface area contributed by atoms with Crippen LogP contribution in [-0.4, -0.2) is 30.0 Å². The Labute approximate surface area is 77.7 Å². The van der Waals surface area contributed by atoms with Gasteiger partial charge in [-0.15, -0.1) is 0 Å². The van der Waals surface area contributed by atoms with Crippen LogP contribution in [0.3, 0.4) is 0 Å². The zero-order valence-corrected chi connectivity index (χ0v) is 7.86. The minimum atomic E-state index is 0.330. The fourth-order valence-corrected chi connectivity index (χ4v) is 1.88. The van der Waals surface area contributed by atoms with Crippen molar-refractivity contribution in [3.63, 3.8) is 0 Å². The van der Waals surface area contributed by atoms with Gasteiger partial charge in [-0.3, -0.25) is 4.90 Å². The highest BCUT2D eigenvalue weighted by Crippen LogP contribution is 2.29. The zero-order valence-electron chi connectivity index (χ0n) is 7.86. The predicted octanol–water partition coefficient (Wildman–Crippen LogP) is 0.552. The summed E-state index contributed by atoms with van der Waals surface area (Å²) < 4.78 is 5.38. The second kappa shape index (κ2) is 3.47. The van der Waals surface area contributed by atoms with Crippen molar-refractivity contribution in [2.75, 3.05) is 20.1 Å². The van der Waals surface area contributed by atoms with Crippen LogP contribution in [-0.2, 0) is 6.42 Å². The van der Waals surface area contributed by atoms with E-state index in [1.165, 1.54) is 6.39 Å². The van der Waals surface area contributed by atoms with Gasteiger partial charge in [-0.1, -0.05) is 0 Å². The van der Waals surface area contributed by atoms with Crippen LogP contribution < -0.4 is 5.73 Å². The lowest BCUT2D eigenvalue weighted by Gasteiger charge is -2.30. The molecule has 0 fully saturated rings. The van der Waals surface area contributed by atoms with E-state index in [0.29, 0.717) is 12.6 Å². The maximum Gasteiger partial charge on any atom is 0.181 e. The van der Waals surface area contributed by atoms with Crippen LogP contribution in [0.1, 0.15) is 23.9 Å². The highest BCUT2D eigenvalue weighted by Gasteiger charge is 2.27. The van der Waals surface area contributed by atoms with Crippen molar-refractivity contribution in [1.29, 1.82) is 0 Å². The molecule has 0 aliphatic carbocycles. The molecule has 0 saturated heterocycles. The molecule has 1 aliphatic rings. The van der Waals surface area contributed by atoms with Crippen LogP contribution in [0.2, 0.25) is 0 Å². The molecule has 0 amide bonds. The standard InChI is InChI=1S/C9H15N3O/c1-12-5-3-7-9(13-6-11-7)8(12)2-4-10/h6,8H,2-5,10H2,1H3. The fourth-order valence-electron chi connectivity index (χ4n) is 1.88. The summed E-state index contributed by atoms with van der Waals surface area (Å²) >= 11 is 0. The molecule has 13 heavy (non-hydrogen) atoms. The number of hydrogen-bond donors (Lipinski definition) is 1. The molecule has 0 saturated carbocycles. The maximum atomic E-state index is 5.56. The number of nitrogens with two attached hydrogens (primary N) is 1. The van der Waals surface area contributed by atoms with E-state index in [2.05, 4.69) is 16.9 Å². The van der Waals surface area contributed by atoms with Crippen LogP contribution in [0, 0.1) is 0 Å². The quantitative estimate of drug-likeness (QED) is 0.724. The van der Waals surface area contributed by atoms with Gasteiger partial charge in [0.05, 0.1) is 11.7 Å². The summed E-state index contributed by atoms with van der Waals surface area (Å²) in [5, 5.41) is 0. The third-order valence-corrected chi connectivity index (χ3v) is 2.65. The summed E-state index contributed by atoms with van der Waals surface area (Å²) in [6, 6.07) is 0.330. The van der Waals surface area contributed by atoms with E-state index in [4.69, 9.17) is 10.2 Å². The van der Waals surface area contributed by atoms with Crippen LogP contribution in [0.4, 0.5) is 0 Å². The number of aromatic nitrogens is 1. The Morgan fingerprint density at radius 1 is 1.77 bits per heavy atom. The largest absolute Gasteiger partial charge is 0.447 e. The molecule has 4 heteroatoms. The molecule has 0 bridgehead atoms. The SMILES string of the molecule is CN1CCc2ncoc2C1CCN. The smallest absolute Gasteiger partial charge is 0.181 e. The average Bonchev–Trinajstić information content (AvgIpc) is 2.58. The molecule has 1 aromatic rings. The van der Waals surface area contributed by atoms with Gasteiger partial charge < -0.3 is 10.2 Å². The first-order valence-corrected chi connectivity index (χ1v) is 4.65. The van der Waals surface area contributed by atoms with Gasteiger partial charge in [0.15, 0.2) is 6.39 Å². The highest BCUT2D eigenvalue weighted by molar-refractivity contribution is 5.15. The minimum Gasteiger partial charge on any atom is -0.447 e. The third-order valence-electron chi connectivity index (χ3n) is 2.65. The van der Waals surface area contributed by atoms with E-state index in [1.807, 2.05) is 0 Å². The Hall–Kier alpha value is -0.870. The number of fused-ring (bicyclic) bond motifs is 1. The van der Waals surface area contributed by atoms with Gasteiger partial charge >= 0.3 is 0 Å². The van der Waals surface area contributed by atoms with Gasteiger partial charge in [0, 0.05) is 13.0 Å². The Kier molecular flexibility index (Phi) is 2.33. The molecule has 2 N–H and O–H groups in total.